The zero-order valence-electron chi connectivity index (χ0n) is 7.68. The third kappa shape index (κ3) is 2.18. The summed E-state index contributed by atoms with van der Waals surface area (Å²) in [6.07, 6.45) is -1.62. The summed E-state index contributed by atoms with van der Waals surface area (Å²) in [5.74, 6) is -0.337. The molecular weight excluding hydrogens is 172 g/mol. The Hall–Kier alpha value is -0.650. The number of hydrogen-bond donors (Lipinski definition) is 3. The molecule has 0 radical (unpaired) electrons. The number of amides is 1. The number of rotatable bonds is 2. The summed E-state index contributed by atoms with van der Waals surface area (Å²) in [5.41, 5.74) is 5.34. The van der Waals surface area contributed by atoms with Gasteiger partial charge in [-0.3, -0.25) is 4.79 Å². The van der Waals surface area contributed by atoms with E-state index in [9.17, 15) is 15.0 Å². The second kappa shape index (κ2) is 4.04. The average molecular weight is 188 g/mol. The van der Waals surface area contributed by atoms with Crippen molar-refractivity contribution in [1.29, 1.82) is 0 Å². The van der Waals surface area contributed by atoms with Crippen LogP contribution in [0, 0.1) is 5.92 Å². The molecule has 4 N–H and O–H groups in total. The van der Waals surface area contributed by atoms with Crippen LogP contribution in [0.1, 0.15) is 6.92 Å². The highest BCUT2D eigenvalue weighted by Crippen LogP contribution is 2.12. The topological polar surface area (TPSA) is 86.8 Å². The molecule has 1 fully saturated rings. The van der Waals surface area contributed by atoms with Gasteiger partial charge in [0.05, 0.1) is 12.2 Å². The van der Waals surface area contributed by atoms with Crippen LogP contribution in [-0.4, -0.2) is 52.9 Å². The SMILES string of the molecule is CC(CN)C(=O)N1CC(O)C(O)C1. The van der Waals surface area contributed by atoms with Gasteiger partial charge in [-0.15, -0.1) is 0 Å². The highest BCUT2D eigenvalue weighted by molar-refractivity contribution is 5.79. The molecule has 0 bridgehead atoms. The number of nitrogens with two attached hydrogens (primary N) is 1. The molecule has 1 heterocycles. The molecule has 3 unspecified atom stereocenters. The van der Waals surface area contributed by atoms with Gasteiger partial charge in [-0.25, -0.2) is 0 Å². The highest BCUT2D eigenvalue weighted by atomic mass is 16.3. The maximum Gasteiger partial charge on any atom is 0.226 e. The summed E-state index contributed by atoms with van der Waals surface area (Å²) in [7, 11) is 0. The summed E-state index contributed by atoms with van der Waals surface area (Å²) in [5, 5.41) is 18.4. The Kier molecular flexibility index (Phi) is 3.24. The fourth-order valence-corrected chi connectivity index (χ4v) is 1.36. The first-order chi connectivity index (χ1) is 6.06. The van der Waals surface area contributed by atoms with Gasteiger partial charge < -0.3 is 20.8 Å². The van der Waals surface area contributed by atoms with Crippen LogP contribution in [0.2, 0.25) is 0 Å². The van der Waals surface area contributed by atoms with E-state index in [-0.39, 0.29) is 24.9 Å². The average Bonchev–Trinajstić information content (AvgIpc) is 2.44. The third-order valence-corrected chi connectivity index (χ3v) is 2.35. The van der Waals surface area contributed by atoms with Crippen LogP contribution < -0.4 is 5.73 Å². The second-order valence-corrected chi connectivity index (χ2v) is 3.51. The lowest BCUT2D eigenvalue weighted by Gasteiger charge is -2.18. The minimum atomic E-state index is -0.811. The van der Waals surface area contributed by atoms with E-state index in [1.165, 1.54) is 4.90 Å². The summed E-state index contributed by atoms with van der Waals surface area (Å²) in [4.78, 5) is 12.9. The van der Waals surface area contributed by atoms with E-state index in [2.05, 4.69) is 0 Å². The van der Waals surface area contributed by atoms with E-state index >= 15 is 0 Å². The molecule has 3 atom stereocenters. The Morgan fingerprint density at radius 3 is 2.38 bits per heavy atom. The van der Waals surface area contributed by atoms with Gasteiger partial charge >= 0.3 is 0 Å². The fourth-order valence-electron chi connectivity index (χ4n) is 1.36. The van der Waals surface area contributed by atoms with Crippen molar-refractivity contribution in [2.45, 2.75) is 19.1 Å². The summed E-state index contributed by atoms with van der Waals surface area (Å²) >= 11 is 0. The molecule has 13 heavy (non-hydrogen) atoms. The van der Waals surface area contributed by atoms with E-state index in [0.29, 0.717) is 6.54 Å². The van der Waals surface area contributed by atoms with Crippen molar-refractivity contribution in [2.75, 3.05) is 19.6 Å². The van der Waals surface area contributed by atoms with Crippen LogP contribution in [0.15, 0.2) is 0 Å². The molecule has 1 aliphatic heterocycles. The van der Waals surface area contributed by atoms with Gasteiger partial charge in [-0.05, 0) is 0 Å². The first kappa shape index (κ1) is 10.4. The third-order valence-electron chi connectivity index (χ3n) is 2.35. The smallest absolute Gasteiger partial charge is 0.226 e. The van der Waals surface area contributed by atoms with Crippen molar-refractivity contribution in [3.8, 4) is 0 Å². The Bertz CT molecular complexity index is 188. The van der Waals surface area contributed by atoms with Gasteiger partial charge in [0.25, 0.3) is 0 Å². The van der Waals surface area contributed by atoms with Gasteiger partial charge in [0.1, 0.15) is 0 Å². The first-order valence-electron chi connectivity index (χ1n) is 4.41. The Balaban J connectivity index is 2.50. The van der Waals surface area contributed by atoms with Crippen molar-refractivity contribution in [3.05, 3.63) is 0 Å². The van der Waals surface area contributed by atoms with Crippen molar-refractivity contribution >= 4 is 5.91 Å². The number of β-amino-alcohol motifs (C(OH)–C–C–N with tert-alkyl or cyclic N) is 2. The zero-order chi connectivity index (χ0) is 10.0. The monoisotopic (exact) mass is 188 g/mol. The lowest BCUT2D eigenvalue weighted by atomic mass is 10.1. The van der Waals surface area contributed by atoms with Crippen LogP contribution in [0.4, 0.5) is 0 Å². The van der Waals surface area contributed by atoms with Crippen LogP contribution in [0.5, 0.6) is 0 Å². The van der Waals surface area contributed by atoms with Gasteiger partial charge in [0, 0.05) is 25.6 Å². The zero-order valence-corrected chi connectivity index (χ0v) is 7.68. The molecular formula is C8H16N2O3. The van der Waals surface area contributed by atoms with E-state index in [1.807, 2.05) is 0 Å². The predicted octanol–water partition coefficient (Wildman–Crippen LogP) is -1.85. The van der Waals surface area contributed by atoms with Crippen LogP contribution >= 0.6 is 0 Å². The summed E-state index contributed by atoms with van der Waals surface area (Å²) < 4.78 is 0. The summed E-state index contributed by atoms with van der Waals surface area (Å²) in [6.45, 7) is 2.45. The van der Waals surface area contributed by atoms with Crippen LogP contribution in [0.3, 0.4) is 0 Å². The van der Waals surface area contributed by atoms with E-state index < -0.39 is 12.2 Å². The first-order valence-corrected chi connectivity index (χ1v) is 4.41. The molecule has 5 heteroatoms. The normalized spacial score (nSPS) is 30.6. The Labute approximate surface area is 77.1 Å². The molecule has 0 aromatic rings. The van der Waals surface area contributed by atoms with Crippen molar-refractivity contribution in [2.24, 2.45) is 11.7 Å². The quantitative estimate of drug-likeness (QED) is 0.474. The molecule has 1 amide bonds. The fraction of sp³-hybridized carbons (Fsp3) is 0.875. The van der Waals surface area contributed by atoms with Crippen LogP contribution in [-0.2, 0) is 4.79 Å². The molecule has 0 aromatic heterocycles. The lowest BCUT2D eigenvalue weighted by Crippen LogP contribution is -2.37. The number of aliphatic hydroxyl groups excluding tert-OH is 2. The van der Waals surface area contributed by atoms with Gasteiger partial charge in [0.2, 0.25) is 5.91 Å². The molecule has 5 nitrogen and oxygen atoms in total. The predicted molar refractivity (Wildman–Crippen MR) is 46.8 cm³/mol. The molecule has 0 aliphatic carbocycles. The summed E-state index contributed by atoms with van der Waals surface area (Å²) in [6, 6.07) is 0. The van der Waals surface area contributed by atoms with Crippen molar-refractivity contribution < 1.29 is 15.0 Å². The molecule has 76 valence electrons. The maximum atomic E-state index is 11.5. The number of nitrogens with zero attached hydrogens (tertiary/aromatic N) is 1. The minimum Gasteiger partial charge on any atom is -0.388 e. The Morgan fingerprint density at radius 2 is 2.00 bits per heavy atom. The highest BCUT2D eigenvalue weighted by Gasteiger charge is 2.33. The van der Waals surface area contributed by atoms with Gasteiger partial charge in [-0.1, -0.05) is 6.92 Å². The lowest BCUT2D eigenvalue weighted by molar-refractivity contribution is -0.134. The van der Waals surface area contributed by atoms with Gasteiger partial charge in [-0.2, -0.15) is 0 Å². The number of carbonyl (C=O) groups is 1. The van der Waals surface area contributed by atoms with E-state index in [0.717, 1.165) is 0 Å². The van der Waals surface area contributed by atoms with Crippen molar-refractivity contribution in [3.63, 3.8) is 0 Å². The Morgan fingerprint density at radius 1 is 1.54 bits per heavy atom. The van der Waals surface area contributed by atoms with Crippen LogP contribution in [0.25, 0.3) is 0 Å². The van der Waals surface area contributed by atoms with Gasteiger partial charge in [0.15, 0.2) is 0 Å². The number of hydrogen-bond acceptors (Lipinski definition) is 4. The number of likely N-dealkylation sites (tertiary alicyclic amines) is 1. The van der Waals surface area contributed by atoms with Crippen molar-refractivity contribution in [1.82, 2.24) is 4.90 Å². The number of aliphatic hydroxyl groups is 2. The molecule has 1 saturated heterocycles. The minimum absolute atomic E-state index is 0.0990. The van der Waals surface area contributed by atoms with E-state index in [4.69, 9.17) is 5.73 Å². The molecule has 0 spiro atoms. The molecule has 0 saturated carbocycles. The number of carbonyl (C=O) groups excluding carboxylic acids is 1. The standard InChI is InChI=1S/C8H16N2O3/c1-5(2-9)8(13)10-3-6(11)7(12)4-10/h5-7,11-12H,2-4,9H2,1H3. The maximum absolute atomic E-state index is 11.5. The van der Waals surface area contributed by atoms with E-state index in [1.54, 1.807) is 6.92 Å². The molecule has 1 rings (SSSR count). The molecule has 0 aromatic carbocycles. The second-order valence-electron chi connectivity index (χ2n) is 3.51. The largest absolute Gasteiger partial charge is 0.388 e. The molecule has 1 aliphatic rings.